The van der Waals surface area contributed by atoms with Crippen molar-refractivity contribution in [2.45, 2.75) is 17.9 Å². The van der Waals surface area contributed by atoms with E-state index in [0.29, 0.717) is 48.2 Å². The van der Waals surface area contributed by atoms with Gasteiger partial charge in [-0.25, -0.2) is 12.8 Å². The van der Waals surface area contributed by atoms with Crippen molar-refractivity contribution in [1.29, 1.82) is 0 Å². The number of hydrogen-bond acceptors (Lipinski definition) is 6. The number of carbonyl (C=O) groups is 2. The molecule has 11 heteroatoms. The average Bonchev–Trinajstić information content (AvgIpc) is 2.97. The van der Waals surface area contributed by atoms with Crippen molar-refractivity contribution in [1.82, 2.24) is 14.8 Å². The van der Waals surface area contributed by atoms with E-state index in [4.69, 9.17) is 5.73 Å². The molecule has 0 unspecified atom stereocenters. The summed E-state index contributed by atoms with van der Waals surface area (Å²) in [5.41, 5.74) is 8.14. The van der Waals surface area contributed by atoms with E-state index in [1.54, 1.807) is 58.3 Å². The summed E-state index contributed by atoms with van der Waals surface area (Å²) in [7, 11) is -3.98. The van der Waals surface area contributed by atoms with Gasteiger partial charge in [-0.1, -0.05) is 30.3 Å². The number of carbonyl (C=O) groups excluding carboxylic acids is 2. The van der Waals surface area contributed by atoms with Crippen LogP contribution < -0.4 is 10.5 Å². The van der Waals surface area contributed by atoms with Crippen LogP contribution in [0.3, 0.4) is 0 Å². The maximum atomic E-state index is 13.2. The molecule has 5 rings (SSSR count). The summed E-state index contributed by atoms with van der Waals surface area (Å²) in [5.74, 6) is -0.663. The van der Waals surface area contributed by atoms with Crippen LogP contribution in [0.2, 0.25) is 0 Å². The number of anilines is 1. The number of benzene rings is 3. The van der Waals surface area contributed by atoms with Gasteiger partial charge >= 0.3 is 0 Å². The number of aromatic nitrogens is 1. The van der Waals surface area contributed by atoms with Crippen LogP contribution in [0.25, 0.3) is 10.9 Å². The monoisotopic (exact) mass is 561 g/mol. The molecule has 1 aliphatic rings. The standard InChI is InChI=1S/C29H28FN5O4S/c30-24-9-6-20(7-10-24)17-27(36)34-13-15-35(16-14-34)29(37)22-8-11-25(23(18-22)19-31)33-40(38,39)26-5-1-3-21-4-2-12-32-28(21)26/h1-12,18,33H,13-17,19,31H2. The van der Waals surface area contributed by atoms with Crippen LogP contribution in [0.5, 0.6) is 0 Å². The minimum absolute atomic E-state index is 0.0123. The lowest BCUT2D eigenvalue weighted by Crippen LogP contribution is -2.51. The molecule has 206 valence electrons. The fourth-order valence-corrected chi connectivity index (χ4v) is 6.00. The average molecular weight is 562 g/mol. The fourth-order valence-electron chi connectivity index (χ4n) is 4.72. The van der Waals surface area contributed by atoms with E-state index in [1.165, 1.54) is 30.5 Å². The number of rotatable bonds is 7. The maximum Gasteiger partial charge on any atom is 0.264 e. The van der Waals surface area contributed by atoms with E-state index in [2.05, 4.69) is 9.71 Å². The lowest BCUT2D eigenvalue weighted by molar-refractivity contribution is -0.131. The number of nitrogens with two attached hydrogens (primary N) is 1. The van der Waals surface area contributed by atoms with Crippen molar-refractivity contribution in [2.75, 3.05) is 30.9 Å². The SMILES string of the molecule is NCc1cc(C(=O)N2CCN(C(=O)Cc3ccc(F)cc3)CC2)ccc1NS(=O)(=O)c1cccc2cccnc12. The van der Waals surface area contributed by atoms with Crippen molar-refractivity contribution in [3.8, 4) is 0 Å². The second kappa shape index (κ2) is 11.4. The Hall–Kier alpha value is -4.35. The number of pyridine rings is 1. The van der Waals surface area contributed by atoms with Crippen molar-refractivity contribution in [2.24, 2.45) is 5.73 Å². The summed E-state index contributed by atoms with van der Waals surface area (Å²) in [4.78, 5) is 33.5. The van der Waals surface area contributed by atoms with Crippen molar-refractivity contribution in [3.05, 3.63) is 102 Å². The first-order chi connectivity index (χ1) is 19.2. The van der Waals surface area contributed by atoms with Gasteiger partial charge in [0, 0.05) is 49.9 Å². The van der Waals surface area contributed by atoms with Crippen molar-refractivity contribution >= 4 is 38.4 Å². The van der Waals surface area contributed by atoms with Gasteiger partial charge in [0.15, 0.2) is 0 Å². The Kier molecular flexibility index (Phi) is 7.76. The summed E-state index contributed by atoms with van der Waals surface area (Å²) in [6.45, 7) is 1.49. The Morgan fingerprint density at radius 1 is 0.925 bits per heavy atom. The van der Waals surface area contributed by atoms with Crippen LogP contribution in [0, 0.1) is 5.82 Å². The first-order valence-corrected chi connectivity index (χ1v) is 14.2. The molecule has 0 aliphatic carbocycles. The molecule has 4 aromatic rings. The van der Waals surface area contributed by atoms with E-state index in [-0.39, 0.29) is 41.2 Å². The summed E-state index contributed by atoms with van der Waals surface area (Å²) >= 11 is 0. The number of piperazine rings is 1. The lowest BCUT2D eigenvalue weighted by atomic mass is 10.1. The second-order valence-electron chi connectivity index (χ2n) is 9.49. The van der Waals surface area contributed by atoms with E-state index in [9.17, 15) is 22.4 Å². The van der Waals surface area contributed by atoms with Gasteiger partial charge in [-0.15, -0.1) is 0 Å². The molecule has 1 aromatic heterocycles. The molecule has 0 atom stereocenters. The van der Waals surface area contributed by atoms with Gasteiger partial charge in [-0.3, -0.25) is 19.3 Å². The van der Waals surface area contributed by atoms with Crippen LogP contribution in [0.15, 0.2) is 83.9 Å². The van der Waals surface area contributed by atoms with E-state index >= 15 is 0 Å². The number of fused-ring (bicyclic) bond motifs is 1. The van der Waals surface area contributed by atoms with Crippen LogP contribution in [0.4, 0.5) is 10.1 Å². The zero-order valence-corrected chi connectivity index (χ0v) is 22.4. The minimum atomic E-state index is -3.98. The van der Waals surface area contributed by atoms with Crippen LogP contribution in [0.1, 0.15) is 21.5 Å². The van der Waals surface area contributed by atoms with Gasteiger partial charge in [0.25, 0.3) is 15.9 Å². The van der Waals surface area contributed by atoms with Gasteiger partial charge in [0.1, 0.15) is 10.7 Å². The summed E-state index contributed by atoms with van der Waals surface area (Å²) < 4.78 is 42.2. The van der Waals surface area contributed by atoms with Gasteiger partial charge in [0.2, 0.25) is 5.91 Å². The molecule has 3 aromatic carbocycles. The third-order valence-electron chi connectivity index (χ3n) is 6.89. The quantitative estimate of drug-likeness (QED) is 0.357. The Labute approximate surface area is 231 Å². The fraction of sp³-hybridized carbons (Fsp3) is 0.207. The normalized spacial score (nSPS) is 13.8. The number of hydrogen-bond donors (Lipinski definition) is 2. The zero-order chi connectivity index (χ0) is 28.3. The Morgan fingerprint density at radius 3 is 2.35 bits per heavy atom. The first kappa shape index (κ1) is 27.2. The maximum absolute atomic E-state index is 13.2. The van der Waals surface area contributed by atoms with E-state index in [0.717, 1.165) is 5.56 Å². The summed E-state index contributed by atoms with van der Waals surface area (Å²) in [6, 6.07) is 19.0. The third kappa shape index (κ3) is 5.80. The Bertz CT molecular complexity index is 1660. The number of amides is 2. The zero-order valence-electron chi connectivity index (χ0n) is 21.6. The molecular formula is C29H28FN5O4S. The Morgan fingerprint density at radius 2 is 1.62 bits per heavy atom. The number of halogens is 1. The number of para-hydroxylation sites is 1. The molecule has 1 fully saturated rings. The number of sulfonamides is 1. The van der Waals surface area contributed by atoms with Crippen LogP contribution in [-0.4, -0.2) is 61.2 Å². The molecule has 9 nitrogen and oxygen atoms in total. The van der Waals surface area contributed by atoms with Crippen LogP contribution >= 0.6 is 0 Å². The van der Waals surface area contributed by atoms with Crippen molar-refractivity contribution in [3.63, 3.8) is 0 Å². The highest BCUT2D eigenvalue weighted by atomic mass is 32.2. The summed E-state index contributed by atoms with van der Waals surface area (Å²) in [5, 5.41) is 0.697. The van der Waals surface area contributed by atoms with Gasteiger partial charge in [-0.2, -0.15) is 0 Å². The lowest BCUT2D eigenvalue weighted by Gasteiger charge is -2.35. The first-order valence-electron chi connectivity index (χ1n) is 12.8. The number of nitrogens with one attached hydrogen (secondary N) is 1. The second-order valence-corrected chi connectivity index (χ2v) is 11.1. The topological polar surface area (TPSA) is 126 Å². The molecule has 0 spiro atoms. The molecular weight excluding hydrogens is 533 g/mol. The highest BCUT2D eigenvalue weighted by Crippen LogP contribution is 2.26. The molecule has 1 aliphatic heterocycles. The molecule has 2 heterocycles. The highest BCUT2D eigenvalue weighted by molar-refractivity contribution is 7.93. The van der Waals surface area contributed by atoms with Crippen molar-refractivity contribution < 1.29 is 22.4 Å². The van der Waals surface area contributed by atoms with Gasteiger partial charge in [0.05, 0.1) is 17.6 Å². The molecule has 40 heavy (non-hydrogen) atoms. The minimum Gasteiger partial charge on any atom is -0.339 e. The predicted molar refractivity (Wildman–Crippen MR) is 149 cm³/mol. The molecule has 0 radical (unpaired) electrons. The summed E-state index contributed by atoms with van der Waals surface area (Å²) in [6.07, 6.45) is 1.70. The largest absolute Gasteiger partial charge is 0.339 e. The van der Waals surface area contributed by atoms with E-state index in [1.807, 2.05) is 0 Å². The Balaban J connectivity index is 1.25. The molecule has 3 N–H and O–H groups in total. The predicted octanol–water partition coefficient (Wildman–Crippen LogP) is 3.16. The molecule has 2 amide bonds. The molecule has 1 saturated heterocycles. The van der Waals surface area contributed by atoms with E-state index < -0.39 is 10.0 Å². The van der Waals surface area contributed by atoms with Gasteiger partial charge in [-0.05, 0) is 53.6 Å². The number of nitrogens with zero attached hydrogens (tertiary/aromatic N) is 3. The third-order valence-corrected chi connectivity index (χ3v) is 8.29. The molecule has 0 bridgehead atoms. The molecule has 0 saturated carbocycles. The highest BCUT2D eigenvalue weighted by Gasteiger charge is 2.26. The van der Waals surface area contributed by atoms with Gasteiger partial charge < -0.3 is 15.5 Å². The van der Waals surface area contributed by atoms with Crippen LogP contribution in [-0.2, 0) is 27.8 Å². The smallest absolute Gasteiger partial charge is 0.264 e.